The summed E-state index contributed by atoms with van der Waals surface area (Å²) in [7, 11) is 0. The maximum absolute atomic E-state index is 14.0. The van der Waals surface area contributed by atoms with Crippen LogP contribution in [0.2, 0.25) is 0 Å². The van der Waals surface area contributed by atoms with Crippen molar-refractivity contribution in [1.82, 2.24) is 10.3 Å². The Morgan fingerprint density at radius 3 is 2.36 bits per heavy atom. The van der Waals surface area contributed by atoms with Crippen LogP contribution in [0, 0.1) is 20.8 Å². The van der Waals surface area contributed by atoms with Crippen molar-refractivity contribution in [1.29, 1.82) is 0 Å². The van der Waals surface area contributed by atoms with Gasteiger partial charge in [-0.2, -0.15) is 0 Å². The van der Waals surface area contributed by atoms with Crippen molar-refractivity contribution in [3.8, 4) is 11.1 Å². The van der Waals surface area contributed by atoms with Crippen molar-refractivity contribution in [2.75, 3.05) is 42.8 Å². The maximum Gasteiger partial charge on any atom is 0.253 e. The summed E-state index contributed by atoms with van der Waals surface area (Å²) in [6.07, 6.45) is 3.20. The normalized spacial score (nSPS) is 17.8. The molecule has 250 valence electrons. The van der Waals surface area contributed by atoms with E-state index >= 15 is 0 Å². The number of nitrogens with zero attached hydrogens (tertiary/aromatic N) is 2. The number of carbonyl (C=O) groups excluding carboxylic acids is 2. The monoisotopic (exact) mass is 640 g/mol. The van der Waals surface area contributed by atoms with Crippen LogP contribution in [0.4, 0.5) is 11.4 Å². The molecule has 3 aromatic rings. The molecule has 0 saturated carbocycles. The molecule has 0 aliphatic carbocycles. The molecule has 0 radical (unpaired) electrons. The molecular weight excluding hydrogens is 592 g/mol. The quantitative estimate of drug-likeness (QED) is 0.327. The fourth-order valence-corrected chi connectivity index (χ4v) is 7.87. The second-order valence-electron chi connectivity index (χ2n) is 13.6. The van der Waals surface area contributed by atoms with Gasteiger partial charge in [0.25, 0.3) is 11.5 Å². The first-order valence-corrected chi connectivity index (χ1v) is 17.1. The van der Waals surface area contributed by atoms with E-state index in [4.69, 9.17) is 9.47 Å². The number of amides is 2. The van der Waals surface area contributed by atoms with Gasteiger partial charge >= 0.3 is 0 Å². The number of aromatic amines is 1. The van der Waals surface area contributed by atoms with Crippen molar-refractivity contribution in [2.45, 2.75) is 91.3 Å². The zero-order valence-corrected chi connectivity index (χ0v) is 28.6. The summed E-state index contributed by atoms with van der Waals surface area (Å²) in [4.78, 5) is 47.9. The zero-order valence-electron chi connectivity index (χ0n) is 28.6. The number of pyridine rings is 1. The van der Waals surface area contributed by atoms with Gasteiger partial charge in [0.2, 0.25) is 5.91 Å². The molecule has 9 nitrogen and oxygen atoms in total. The predicted octanol–water partition coefficient (Wildman–Crippen LogP) is 5.71. The number of benzene rings is 2. The molecule has 4 heterocycles. The molecule has 6 rings (SSSR count). The lowest BCUT2D eigenvalue weighted by Crippen LogP contribution is -2.46. The van der Waals surface area contributed by atoms with Crippen LogP contribution in [0.25, 0.3) is 11.1 Å². The standard InChI is InChI=1S/C38H48N4O5/c1-7-41(29-10-14-46-15-11-29)33-21-28(19-30(26(33)6)35(43)39-22-31-24(4)18-25(5)40-36(31)44)27-8-9-32-34(20-27)42(23(2)3)37(45)38(32)12-16-47-17-13-38/h8-9,18-21,23,29H,7,10-17,22H2,1-6H3,(H,39,43)(H,40,44). The number of rotatable bonds is 8. The Morgan fingerprint density at radius 2 is 1.70 bits per heavy atom. The summed E-state index contributed by atoms with van der Waals surface area (Å²) in [6, 6.07) is 12.7. The number of ether oxygens (including phenoxy) is 2. The molecule has 47 heavy (non-hydrogen) atoms. The molecular formula is C38H48N4O5. The van der Waals surface area contributed by atoms with E-state index < -0.39 is 5.41 Å². The van der Waals surface area contributed by atoms with E-state index in [1.54, 1.807) is 0 Å². The molecule has 3 aliphatic rings. The van der Waals surface area contributed by atoms with Gasteiger partial charge in [0, 0.05) is 79.8 Å². The fourth-order valence-electron chi connectivity index (χ4n) is 7.87. The minimum Gasteiger partial charge on any atom is -0.381 e. The van der Waals surface area contributed by atoms with Crippen LogP contribution in [-0.2, 0) is 26.2 Å². The van der Waals surface area contributed by atoms with Gasteiger partial charge in [-0.25, -0.2) is 0 Å². The van der Waals surface area contributed by atoms with Crippen LogP contribution in [0.3, 0.4) is 0 Å². The summed E-state index contributed by atoms with van der Waals surface area (Å²) < 4.78 is 11.4. The summed E-state index contributed by atoms with van der Waals surface area (Å²) >= 11 is 0. The highest BCUT2D eigenvalue weighted by Gasteiger charge is 2.52. The molecule has 1 spiro atoms. The Bertz CT molecular complexity index is 1730. The molecule has 2 fully saturated rings. The predicted molar refractivity (Wildman–Crippen MR) is 186 cm³/mol. The summed E-state index contributed by atoms with van der Waals surface area (Å²) in [6.45, 7) is 15.5. The second kappa shape index (κ2) is 13.3. The molecule has 0 bridgehead atoms. The highest BCUT2D eigenvalue weighted by Crippen LogP contribution is 2.50. The van der Waals surface area contributed by atoms with Crippen molar-refractivity contribution < 1.29 is 19.1 Å². The number of fused-ring (bicyclic) bond motifs is 2. The summed E-state index contributed by atoms with van der Waals surface area (Å²) in [5.41, 5.74) is 7.83. The van der Waals surface area contributed by atoms with Crippen molar-refractivity contribution in [2.24, 2.45) is 0 Å². The van der Waals surface area contributed by atoms with E-state index in [-0.39, 0.29) is 30.0 Å². The number of hydrogen-bond acceptors (Lipinski definition) is 6. The topological polar surface area (TPSA) is 104 Å². The minimum atomic E-state index is -0.548. The maximum atomic E-state index is 14.0. The molecule has 9 heteroatoms. The number of carbonyl (C=O) groups is 2. The Balaban J connectivity index is 1.44. The molecule has 0 unspecified atom stereocenters. The first-order valence-electron chi connectivity index (χ1n) is 17.1. The van der Waals surface area contributed by atoms with Crippen molar-refractivity contribution in [3.05, 3.63) is 80.3 Å². The van der Waals surface area contributed by atoms with E-state index in [0.717, 1.165) is 64.3 Å². The molecule has 2 aromatic carbocycles. The number of hydrogen-bond donors (Lipinski definition) is 2. The van der Waals surface area contributed by atoms with E-state index in [1.807, 2.05) is 37.8 Å². The van der Waals surface area contributed by atoms with Crippen molar-refractivity contribution in [3.63, 3.8) is 0 Å². The van der Waals surface area contributed by atoms with Crippen LogP contribution in [0.5, 0.6) is 0 Å². The molecule has 2 saturated heterocycles. The first kappa shape index (κ1) is 33.0. The smallest absolute Gasteiger partial charge is 0.253 e. The van der Waals surface area contributed by atoms with E-state index in [9.17, 15) is 14.4 Å². The van der Waals surface area contributed by atoms with Crippen LogP contribution in [0.1, 0.15) is 84.8 Å². The van der Waals surface area contributed by atoms with Gasteiger partial charge < -0.3 is 29.6 Å². The SMILES string of the molecule is CCN(c1cc(-c2ccc3c(c2)N(C(C)C)C(=O)C32CCOCC2)cc(C(=O)NCc2c(C)cc(C)[nH]c2=O)c1C)C1CCOCC1. The molecule has 2 N–H and O–H groups in total. The van der Waals surface area contributed by atoms with Gasteiger partial charge in [0.05, 0.1) is 5.41 Å². The minimum absolute atomic E-state index is 0.00567. The van der Waals surface area contributed by atoms with Crippen LogP contribution in [-0.4, -0.2) is 61.9 Å². The average Bonchev–Trinajstić information content (AvgIpc) is 3.28. The number of nitrogens with one attached hydrogen (secondary N) is 2. The fraction of sp³-hybridized carbons (Fsp3) is 0.500. The van der Waals surface area contributed by atoms with Crippen LogP contribution < -0.4 is 20.7 Å². The molecule has 2 amide bonds. The van der Waals surface area contributed by atoms with Crippen molar-refractivity contribution >= 4 is 23.2 Å². The summed E-state index contributed by atoms with van der Waals surface area (Å²) in [5, 5.41) is 3.05. The third kappa shape index (κ3) is 6.00. The Morgan fingerprint density at radius 1 is 1.00 bits per heavy atom. The van der Waals surface area contributed by atoms with Gasteiger partial charge in [0.15, 0.2) is 0 Å². The lowest BCUT2D eigenvalue weighted by Gasteiger charge is -2.37. The number of aryl methyl sites for hydroxylation is 2. The highest BCUT2D eigenvalue weighted by atomic mass is 16.5. The zero-order chi connectivity index (χ0) is 33.5. The number of H-pyrrole nitrogens is 1. The highest BCUT2D eigenvalue weighted by molar-refractivity contribution is 6.09. The Kier molecular flexibility index (Phi) is 9.31. The largest absolute Gasteiger partial charge is 0.381 e. The summed E-state index contributed by atoms with van der Waals surface area (Å²) in [5.74, 6) is -0.0695. The van der Waals surface area contributed by atoms with E-state index in [0.29, 0.717) is 56.4 Å². The Hall–Kier alpha value is -3.95. The van der Waals surface area contributed by atoms with E-state index in [2.05, 4.69) is 60.2 Å². The van der Waals surface area contributed by atoms with Crippen LogP contribution >= 0.6 is 0 Å². The van der Waals surface area contributed by atoms with Gasteiger partial charge in [-0.05, 0) is 119 Å². The third-order valence-electron chi connectivity index (χ3n) is 10.4. The Labute approximate surface area is 277 Å². The lowest BCUT2D eigenvalue weighted by atomic mass is 9.75. The van der Waals surface area contributed by atoms with E-state index in [1.165, 1.54) is 0 Å². The first-order chi connectivity index (χ1) is 22.6. The molecule has 1 aromatic heterocycles. The molecule has 0 atom stereocenters. The van der Waals surface area contributed by atoms with Crippen LogP contribution in [0.15, 0.2) is 41.2 Å². The lowest BCUT2D eigenvalue weighted by molar-refractivity contribution is -0.126. The average molecular weight is 641 g/mol. The second-order valence-corrected chi connectivity index (χ2v) is 13.6. The number of aromatic nitrogens is 1. The third-order valence-corrected chi connectivity index (χ3v) is 10.4. The van der Waals surface area contributed by atoms with Gasteiger partial charge in [-0.1, -0.05) is 12.1 Å². The number of anilines is 2. The van der Waals surface area contributed by atoms with Gasteiger partial charge in [-0.15, -0.1) is 0 Å². The molecule has 3 aliphatic heterocycles. The van der Waals surface area contributed by atoms with Gasteiger partial charge in [0.1, 0.15) is 0 Å². The van der Waals surface area contributed by atoms with Gasteiger partial charge in [-0.3, -0.25) is 14.4 Å².